The van der Waals surface area contributed by atoms with Crippen molar-refractivity contribution >= 4 is 28.7 Å². The Bertz CT molecular complexity index is 906. The van der Waals surface area contributed by atoms with Crippen LogP contribution in [0.1, 0.15) is 37.2 Å². The molecule has 3 amide bonds. The molecular formula is C18H22N4O5. The monoisotopic (exact) mass is 374 g/mol. The van der Waals surface area contributed by atoms with Gasteiger partial charge in [-0.05, 0) is 18.9 Å². The fourth-order valence-corrected chi connectivity index (χ4v) is 2.39. The number of aromatic nitrogens is 2. The van der Waals surface area contributed by atoms with E-state index < -0.39 is 24.5 Å². The van der Waals surface area contributed by atoms with Gasteiger partial charge in [-0.1, -0.05) is 32.0 Å². The van der Waals surface area contributed by atoms with Crippen molar-refractivity contribution in [3.63, 3.8) is 0 Å². The van der Waals surface area contributed by atoms with Crippen LogP contribution in [-0.2, 0) is 16.1 Å². The van der Waals surface area contributed by atoms with Gasteiger partial charge in [0, 0.05) is 18.5 Å². The van der Waals surface area contributed by atoms with Gasteiger partial charge in [-0.2, -0.15) is 5.10 Å². The average molecular weight is 374 g/mol. The van der Waals surface area contributed by atoms with Gasteiger partial charge in [0.05, 0.1) is 5.39 Å². The van der Waals surface area contributed by atoms with Crippen molar-refractivity contribution in [3.05, 3.63) is 40.3 Å². The zero-order valence-corrected chi connectivity index (χ0v) is 15.3. The number of carbonyl (C=O) groups excluding carboxylic acids is 3. The lowest BCUT2D eigenvalue weighted by molar-refractivity contribution is -0.123. The van der Waals surface area contributed by atoms with Gasteiger partial charge in [-0.15, -0.1) is 0 Å². The third-order valence-corrected chi connectivity index (χ3v) is 3.62. The Balaban J connectivity index is 2.15. The number of ether oxygens (including phenoxy) is 1. The summed E-state index contributed by atoms with van der Waals surface area (Å²) in [5, 5.41) is 9.31. The summed E-state index contributed by atoms with van der Waals surface area (Å²) in [5.41, 5.74) is -0.351. The second-order valence-electron chi connectivity index (χ2n) is 5.80. The highest BCUT2D eigenvalue weighted by Crippen LogP contribution is 2.14. The molecule has 0 aliphatic heterocycles. The largest absolute Gasteiger partial charge is 0.451 e. The molecule has 0 bridgehead atoms. The van der Waals surface area contributed by atoms with Gasteiger partial charge in [-0.3, -0.25) is 14.9 Å². The van der Waals surface area contributed by atoms with E-state index in [1.807, 2.05) is 13.8 Å². The van der Waals surface area contributed by atoms with Crippen molar-refractivity contribution in [2.75, 3.05) is 13.2 Å². The molecule has 144 valence electrons. The summed E-state index contributed by atoms with van der Waals surface area (Å²) < 4.78 is 6.17. The fourth-order valence-electron chi connectivity index (χ4n) is 2.39. The van der Waals surface area contributed by atoms with Crippen LogP contribution in [0.3, 0.4) is 0 Å². The lowest BCUT2D eigenvalue weighted by Crippen LogP contribution is -2.41. The molecule has 0 unspecified atom stereocenters. The van der Waals surface area contributed by atoms with Gasteiger partial charge < -0.3 is 10.1 Å². The number of nitrogens with zero attached hydrogens (tertiary/aromatic N) is 2. The first kappa shape index (κ1) is 20.1. The summed E-state index contributed by atoms with van der Waals surface area (Å²) >= 11 is 0. The smallest absolute Gasteiger partial charge is 0.359 e. The third-order valence-electron chi connectivity index (χ3n) is 3.62. The predicted molar refractivity (Wildman–Crippen MR) is 98.4 cm³/mol. The number of nitrogens with one attached hydrogen (secondary N) is 2. The summed E-state index contributed by atoms with van der Waals surface area (Å²) in [4.78, 5) is 48.0. The molecule has 0 saturated heterocycles. The van der Waals surface area contributed by atoms with E-state index in [-0.39, 0.29) is 11.3 Å². The summed E-state index contributed by atoms with van der Waals surface area (Å²) in [7, 11) is 0. The number of hydrogen-bond acceptors (Lipinski definition) is 6. The molecule has 2 N–H and O–H groups in total. The van der Waals surface area contributed by atoms with E-state index in [9.17, 15) is 19.2 Å². The molecule has 1 heterocycles. The van der Waals surface area contributed by atoms with E-state index in [1.165, 1.54) is 4.68 Å². The third kappa shape index (κ3) is 5.13. The van der Waals surface area contributed by atoms with Crippen molar-refractivity contribution in [3.8, 4) is 0 Å². The first-order chi connectivity index (χ1) is 13.0. The molecule has 0 fully saturated rings. The van der Waals surface area contributed by atoms with E-state index >= 15 is 0 Å². The van der Waals surface area contributed by atoms with Gasteiger partial charge in [-0.25, -0.2) is 14.3 Å². The van der Waals surface area contributed by atoms with E-state index in [1.54, 1.807) is 24.3 Å². The van der Waals surface area contributed by atoms with Crippen LogP contribution in [0.2, 0.25) is 0 Å². The molecule has 2 rings (SSSR count). The number of imide groups is 1. The van der Waals surface area contributed by atoms with Crippen LogP contribution in [0.4, 0.5) is 4.79 Å². The number of rotatable bonds is 7. The quantitative estimate of drug-likeness (QED) is 0.703. The molecule has 0 aliphatic carbocycles. The van der Waals surface area contributed by atoms with E-state index in [2.05, 4.69) is 15.7 Å². The van der Waals surface area contributed by atoms with E-state index in [0.717, 1.165) is 6.42 Å². The molecule has 1 aromatic heterocycles. The van der Waals surface area contributed by atoms with Crippen molar-refractivity contribution in [2.24, 2.45) is 0 Å². The Labute approximate surface area is 155 Å². The molecule has 1 aromatic carbocycles. The maximum atomic E-state index is 12.4. The number of urea groups is 1. The molecule has 9 nitrogen and oxygen atoms in total. The number of hydrogen-bond donors (Lipinski definition) is 2. The number of esters is 1. The van der Waals surface area contributed by atoms with E-state index in [0.29, 0.717) is 30.3 Å². The van der Waals surface area contributed by atoms with Crippen LogP contribution >= 0.6 is 0 Å². The summed E-state index contributed by atoms with van der Waals surface area (Å²) in [5.74, 6) is -1.61. The SMILES string of the molecule is CCCNC(=O)NC(=O)COC(=O)c1nn(CCC)c(=O)c2ccccc12. The molecular weight excluding hydrogens is 352 g/mol. The Hall–Kier alpha value is -3.23. The summed E-state index contributed by atoms with van der Waals surface area (Å²) in [6, 6.07) is 5.91. The van der Waals surface area contributed by atoms with E-state index in [4.69, 9.17) is 4.74 Å². The van der Waals surface area contributed by atoms with Gasteiger partial charge in [0.2, 0.25) is 0 Å². The molecule has 0 saturated carbocycles. The highest BCUT2D eigenvalue weighted by atomic mass is 16.5. The standard InChI is InChI=1S/C18H22N4O5/c1-3-9-19-18(26)20-14(23)11-27-17(25)15-12-7-5-6-8-13(12)16(24)22(21-15)10-4-2/h5-8H,3-4,9-11H2,1-2H3,(H2,19,20,23,26). The van der Waals surface area contributed by atoms with Crippen molar-refractivity contribution in [1.29, 1.82) is 0 Å². The van der Waals surface area contributed by atoms with Gasteiger partial charge in [0.15, 0.2) is 12.3 Å². The molecule has 0 atom stereocenters. The van der Waals surface area contributed by atoms with Crippen LogP contribution in [0.15, 0.2) is 29.1 Å². The number of fused-ring (bicyclic) bond motifs is 1. The van der Waals surface area contributed by atoms with Crippen LogP contribution in [0, 0.1) is 0 Å². The van der Waals surface area contributed by atoms with Crippen molar-refractivity contribution in [2.45, 2.75) is 33.2 Å². The number of amides is 3. The second-order valence-corrected chi connectivity index (χ2v) is 5.80. The van der Waals surface area contributed by atoms with Crippen LogP contribution < -0.4 is 16.2 Å². The van der Waals surface area contributed by atoms with Gasteiger partial charge >= 0.3 is 12.0 Å². The maximum absolute atomic E-state index is 12.4. The minimum atomic E-state index is -0.847. The maximum Gasteiger partial charge on any atom is 0.359 e. The zero-order valence-electron chi connectivity index (χ0n) is 15.3. The number of aryl methyl sites for hydroxylation is 1. The molecule has 27 heavy (non-hydrogen) atoms. The second kappa shape index (κ2) is 9.46. The normalized spacial score (nSPS) is 10.4. The van der Waals surface area contributed by atoms with Crippen LogP contribution in [0.25, 0.3) is 10.8 Å². The fraction of sp³-hybridized carbons (Fsp3) is 0.389. The highest BCUT2D eigenvalue weighted by Gasteiger charge is 2.19. The molecule has 0 spiro atoms. The first-order valence-corrected chi connectivity index (χ1v) is 8.72. The first-order valence-electron chi connectivity index (χ1n) is 8.72. The van der Waals surface area contributed by atoms with Crippen LogP contribution in [-0.4, -0.2) is 40.8 Å². The average Bonchev–Trinajstić information content (AvgIpc) is 2.66. The Morgan fingerprint density at radius 3 is 2.48 bits per heavy atom. The minimum Gasteiger partial charge on any atom is -0.451 e. The highest BCUT2D eigenvalue weighted by molar-refractivity contribution is 6.03. The van der Waals surface area contributed by atoms with Crippen molar-refractivity contribution in [1.82, 2.24) is 20.4 Å². The Morgan fingerprint density at radius 2 is 1.81 bits per heavy atom. The zero-order chi connectivity index (χ0) is 19.8. The topological polar surface area (TPSA) is 119 Å². The lowest BCUT2D eigenvalue weighted by atomic mass is 10.1. The van der Waals surface area contributed by atoms with Gasteiger partial charge in [0.1, 0.15) is 0 Å². The minimum absolute atomic E-state index is 0.0538. The summed E-state index contributed by atoms with van der Waals surface area (Å²) in [6.07, 6.45) is 1.39. The molecule has 0 aliphatic rings. The Kier molecular flexibility index (Phi) is 7.04. The predicted octanol–water partition coefficient (Wildman–Crippen LogP) is 1.20. The van der Waals surface area contributed by atoms with Crippen molar-refractivity contribution < 1.29 is 19.1 Å². The lowest BCUT2D eigenvalue weighted by Gasteiger charge is -2.10. The molecule has 0 radical (unpaired) electrons. The molecule has 9 heteroatoms. The van der Waals surface area contributed by atoms with Crippen LogP contribution in [0.5, 0.6) is 0 Å². The Morgan fingerprint density at radius 1 is 1.11 bits per heavy atom. The summed E-state index contributed by atoms with van der Waals surface area (Å²) in [6.45, 7) is 3.89. The molecule has 2 aromatic rings. The van der Waals surface area contributed by atoms with Gasteiger partial charge in [0.25, 0.3) is 11.5 Å². The number of benzene rings is 1. The number of carbonyl (C=O) groups is 3.